The lowest BCUT2D eigenvalue weighted by molar-refractivity contribution is -0.156. The molecule has 6 heteroatoms. The van der Waals surface area contributed by atoms with Crippen molar-refractivity contribution < 1.29 is 28.9 Å². The molecule has 2 atom stereocenters. The highest BCUT2D eigenvalue weighted by Gasteiger charge is 2.27. The minimum Gasteiger partial charge on any atom is -0.467 e. The maximum atomic E-state index is 13.3. The fourth-order valence-corrected chi connectivity index (χ4v) is 1.43. The van der Waals surface area contributed by atoms with E-state index in [1.165, 1.54) is 13.0 Å². The van der Waals surface area contributed by atoms with E-state index in [4.69, 9.17) is 0 Å². The van der Waals surface area contributed by atoms with Gasteiger partial charge in [-0.05, 0) is 24.6 Å². The highest BCUT2D eigenvalue weighted by atomic mass is 19.1. The number of halogens is 1. The second-order valence-corrected chi connectivity index (χ2v) is 3.71. The quantitative estimate of drug-likeness (QED) is 0.608. The maximum absolute atomic E-state index is 13.3. The van der Waals surface area contributed by atoms with Gasteiger partial charge in [-0.15, -0.1) is 0 Å². The van der Waals surface area contributed by atoms with Crippen molar-refractivity contribution in [3.63, 3.8) is 0 Å². The second-order valence-electron chi connectivity index (χ2n) is 3.71. The summed E-state index contributed by atoms with van der Waals surface area (Å²) in [5.74, 6) is -2.27. The fraction of sp³-hybridized carbons (Fsp3) is 0.333. The molecule has 2 unspecified atom stereocenters. The summed E-state index contributed by atoms with van der Waals surface area (Å²) in [6.45, 7) is 1.17. The Morgan fingerprint density at radius 1 is 1.33 bits per heavy atom. The van der Waals surface area contributed by atoms with E-state index < -0.39 is 29.8 Å². The number of methoxy groups -OCH3 is 1. The predicted molar refractivity (Wildman–Crippen MR) is 59.4 cm³/mol. The fourth-order valence-electron chi connectivity index (χ4n) is 1.43. The van der Waals surface area contributed by atoms with Crippen molar-refractivity contribution in [2.24, 2.45) is 0 Å². The van der Waals surface area contributed by atoms with Crippen LogP contribution in [0.4, 0.5) is 4.39 Å². The molecule has 0 aliphatic rings. The summed E-state index contributed by atoms with van der Waals surface area (Å²) in [5.41, 5.74) is -0.164. The third-order valence-corrected chi connectivity index (χ3v) is 2.45. The third kappa shape index (κ3) is 2.91. The summed E-state index contributed by atoms with van der Waals surface area (Å²) >= 11 is 0. The lowest BCUT2D eigenvalue weighted by Crippen LogP contribution is -2.29. The number of aliphatic hydroxyl groups is 2. The molecule has 0 aliphatic carbocycles. The number of aliphatic hydroxyl groups excluding tert-OH is 2. The molecule has 18 heavy (non-hydrogen) atoms. The molecule has 0 spiro atoms. The first kappa shape index (κ1) is 14.3. The molecule has 1 aromatic rings. The van der Waals surface area contributed by atoms with Gasteiger partial charge in [0.25, 0.3) is 0 Å². The van der Waals surface area contributed by atoms with Gasteiger partial charge in [-0.25, -0.2) is 9.18 Å². The van der Waals surface area contributed by atoms with Gasteiger partial charge >= 0.3 is 5.97 Å². The Labute approximate surface area is 103 Å². The van der Waals surface area contributed by atoms with E-state index in [1.807, 2.05) is 0 Å². The molecule has 0 saturated heterocycles. The predicted octanol–water partition coefficient (Wildman–Crippen LogP) is 0.596. The molecule has 0 aliphatic heterocycles. The molecule has 5 nitrogen and oxygen atoms in total. The molecule has 0 amide bonds. The molecule has 0 radical (unpaired) electrons. The van der Waals surface area contributed by atoms with Gasteiger partial charge in [-0.2, -0.15) is 0 Å². The van der Waals surface area contributed by atoms with Gasteiger partial charge in [-0.3, -0.25) is 4.79 Å². The Kier molecular flexibility index (Phi) is 4.52. The number of benzene rings is 1. The summed E-state index contributed by atoms with van der Waals surface area (Å²) < 4.78 is 17.5. The number of hydrogen-bond acceptors (Lipinski definition) is 5. The lowest BCUT2D eigenvalue weighted by Gasteiger charge is -2.16. The highest BCUT2D eigenvalue weighted by Crippen LogP contribution is 2.21. The number of carbonyl (C=O) groups is 2. The van der Waals surface area contributed by atoms with Crippen LogP contribution in [0, 0.1) is 5.82 Å². The van der Waals surface area contributed by atoms with Gasteiger partial charge in [-0.1, -0.05) is 6.07 Å². The van der Waals surface area contributed by atoms with Crippen molar-refractivity contribution in [2.75, 3.05) is 7.11 Å². The van der Waals surface area contributed by atoms with E-state index in [-0.39, 0.29) is 11.1 Å². The molecule has 0 fully saturated rings. The lowest BCUT2D eigenvalue weighted by atomic mass is 10.00. The van der Waals surface area contributed by atoms with Crippen LogP contribution in [-0.2, 0) is 9.53 Å². The van der Waals surface area contributed by atoms with Crippen molar-refractivity contribution in [3.05, 3.63) is 35.1 Å². The van der Waals surface area contributed by atoms with Gasteiger partial charge in [0.15, 0.2) is 11.9 Å². The Bertz CT molecular complexity index is 472. The number of rotatable bonds is 4. The number of ether oxygens (including phenoxy) is 1. The second kappa shape index (κ2) is 5.70. The van der Waals surface area contributed by atoms with E-state index >= 15 is 0 Å². The Hall–Kier alpha value is -1.79. The summed E-state index contributed by atoms with van der Waals surface area (Å²) in [4.78, 5) is 22.2. The largest absolute Gasteiger partial charge is 0.467 e. The zero-order valence-electron chi connectivity index (χ0n) is 9.88. The zero-order valence-corrected chi connectivity index (χ0v) is 9.88. The minimum absolute atomic E-state index is 0.0551. The normalized spacial score (nSPS) is 13.8. The Morgan fingerprint density at radius 2 is 1.94 bits per heavy atom. The molecule has 0 aromatic heterocycles. The number of esters is 1. The molecule has 0 saturated carbocycles. The van der Waals surface area contributed by atoms with Crippen molar-refractivity contribution in [3.8, 4) is 0 Å². The number of Topliss-reactive ketones (excluding diaryl/α,β-unsaturated/α-hetero) is 1. The van der Waals surface area contributed by atoms with Crippen molar-refractivity contribution in [1.29, 1.82) is 0 Å². The Morgan fingerprint density at radius 3 is 2.44 bits per heavy atom. The van der Waals surface area contributed by atoms with Gasteiger partial charge in [0.2, 0.25) is 0 Å². The standard InChI is InChI=1S/C12H13FO5/c1-6(14)8-5-7(3-4-9(8)13)10(15)11(16)12(17)18-2/h3-5,10-11,15-16H,1-2H3. The first-order chi connectivity index (χ1) is 8.38. The first-order valence-corrected chi connectivity index (χ1v) is 5.12. The van der Waals surface area contributed by atoms with E-state index in [0.717, 1.165) is 19.2 Å². The monoisotopic (exact) mass is 256 g/mol. The van der Waals surface area contributed by atoms with Crippen LogP contribution in [0.1, 0.15) is 28.9 Å². The van der Waals surface area contributed by atoms with E-state index in [9.17, 15) is 24.2 Å². The number of ketones is 1. The van der Waals surface area contributed by atoms with Crippen LogP contribution < -0.4 is 0 Å². The van der Waals surface area contributed by atoms with Crippen LogP contribution in [0.3, 0.4) is 0 Å². The summed E-state index contributed by atoms with van der Waals surface area (Å²) in [5, 5.41) is 19.1. The zero-order chi connectivity index (χ0) is 13.9. The van der Waals surface area contributed by atoms with Crippen LogP contribution in [0.15, 0.2) is 18.2 Å². The van der Waals surface area contributed by atoms with Gasteiger partial charge < -0.3 is 14.9 Å². The number of hydrogen-bond donors (Lipinski definition) is 2. The van der Waals surface area contributed by atoms with E-state index in [1.54, 1.807) is 0 Å². The van der Waals surface area contributed by atoms with Gasteiger partial charge in [0.1, 0.15) is 11.9 Å². The van der Waals surface area contributed by atoms with Gasteiger partial charge in [0.05, 0.1) is 12.7 Å². The molecule has 1 rings (SSSR count). The van der Waals surface area contributed by atoms with Crippen molar-refractivity contribution in [2.45, 2.75) is 19.1 Å². The molecule has 0 bridgehead atoms. The smallest absolute Gasteiger partial charge is 0.337 e. The minimum atomic E-state index is -1.79. The van der Waals surface area contributed by atoms with Crippen LogP contribution >= 0.6 is 0 Å². The maximum Gasteiger partial charge on any atom is 0.337 e. The van der Waals surface area contributed by atoms with E-state index in [2.05, 4.69) is 4.74 Å². The average Bonchev–Trinajstić information content (AvgIpc) is 2.36. The topological polar surface area (TPSA) is 83.8 Å². The summed E-state index contributed by atoms with van der Waals surface area (Å²) in [7, 11) is 1.06. The van der Waals surface area contributed by atoms with Crippen LogP contribution in [0.2, 0.25) is 0 Å². The molecular formula is C12H13FO5. The van der Waals surface area contributed by atoms with Crippen molar-refractivity contribution >= 4 is 11.8 Å². The van der Waals surface area contributed by atoms with Crippen molar-refractivity contribution in [1.82, 2.24) is 0 Å². The van der Waals surface area contributed by atoms with E-state index in [0.29, 0.717) is 0 Å². The van der Waals surface area contributed by atoms with Gasteiger partial charge in [0, 0.05) is 0 Å². The molecule has 0 heterocycles. The van der Waals surface area contributed by atoms with Crippen LogP contribution in [0.25, 0.3) is 0 Å². The molecule has 98 valence electrons. The highest BCUT2D eigenvalue weighted by molar-refractivity contribution is 5.94. The Balaban J connectivity index is 3.07. The summed E-state index contributed by atoms with van der Waals surface area (Å²) in [6.07, 6.45) is -3.38. The molecule has 2 N–H and O–H groups in total. The molecule has 1 aromatic carbocycles. The summed E-state index contributed by atoms with van der Waals surface area (Å²) in [6, 6.07) is 3.26. The third-order valence-electron chi connectivity index (χ3n) is 2.45. The van der Waals surface area contributed by atoms with Crippen LogP contribution in [0.5, 0.6) is 0 Å². The first-order valence-electron chi connectivity index (χ1n) is 5.12. The SMILES string of the molecule is COC(=O)C(O)C(O)c1ccc(F)c(C(C)=O)c1. The average molecular weight is 256 g/mol. The number of carbonyl (C=O) groups excluding carboxylic acids is 2. The molecular weight excluding hydrogens is 243 g/mol. The van der Waals surface area contributed by atoms with Crippen LogP contribution in [-0.4, -0.2) is 35.2 Å².